The zero-order valence-corrected chi connectivity index (χ0v) is 15.9. The minimum Gasteiger partial charge on any atom is -0.341 e. The van der Waals surface area contributed by atoms with E-state index in [1.165, 1.54) is 11.8 Å². The molecule has 2 aromatic carbocycles. The van der Waals surface area contributed by atoms with Crippen LogP contribution in [0, 0.1) is 6.92 Å². The number of thioether (sulfide) groups is 1. The second kappa shape index (κ2) is 9.49. The zero-order chi connectivity index (χ0) is 18.2. The van der Waals surface area contributed by atoms with E-state index in [-0.39, 0.29) is 23.3 Å². The molecule has 0 bridgehead atoms. The minimum absolute atomic E-state index is 0.0201. The Bertz CT molecular complexity index is 752. The van der Waals surface area contributed by atoms with Gasteiger partial charge in [-0.2, -0.15) is 0 Å². The van der Waals surface area contributed by atoms with Crippen molar-refractivity contribution in [2.45, 2.75) is 13.5 Å². The molecule has 0 fully saturated rings. The number of amides is 2. The van der Waals surface area contributed by atoms with Gasteiger partial charge < -0.3 is 10.2 Å². The van der Waals surface area contributed by atoms with Gasteiger partial charge in [0.1, 0.15) is 0 Å². The number of carbonyl (C=O) groups is 2. The summed E-state index contributed by atoms with van der Waals surface area (Å²) in [6.07, 6.45) is 0. The molecule has 6 heteroatoms. The van der Waals surface area contributed by atoms with Crippen molar-refractivity contribution in [2.75, 3.05) is 23.9 Å². The average molecular weight is 377 g/mol. The van der Waals surface area contributed by atoms with Crippen molar-refractivity contribution in [1.82, 2.24) is 4.90 Å². The van der Waals surface area contributed by atoms with Crippen LogP contribution >= 0.6 is 23.4 Å². The molecule has 0 heterocycles. The van der Waals surface area contributed by atoms with Gasteiger partial charge in [0.25, 0.3) is 0 Å². The highest BCUT2D eigenvalue weighted by molar-refractivity contribution is 8.00. The second-order valence-electron chi connectivity index (χ2n) is 5.79. The molecule has 2 aromatic rings. The Morgan fingerprint density at radius 2 is 1.88 bits per heavy atom. The van der Waals surface area contributed by atoms with E-state index in [2.05, 4.69) is 5.32 Å². The highest BCUT2D eigenvalue weighted by Gasteiger charge is 2.11. The lowest BCUT2D eigenvalue weighted by Gasteiger charge is -2.17. The third-order valence-electron chi connectivity index (χ3n) is 3.50. The summed E-state index contributed by atoms with van der Waals surface area (Å²) in [5, 5.41) is 3.49. The number of rotatable bonds is 7. The van der Waals surface area contributed by atoms with Gasteiger partial charge in [-0.3, -0.25) is 9.59 Å². The summed E-state index contributed by atoms with van der Waals surface area (Å²) in [6, 6.07) is 15.1. The molecule has 0 aromatic heterocycles. The summed E-state index contributed by atoms with van der Waals surface area (Å²) in [6.45, 7) is 2.47. The lowest BCUT2D eigenvalue weighted by atomic mass is 10.2. The molecular weight excluding hydrogens is 356 g/mol. The predicted octanol–water partition coefficient (Wildman–Crippen LogP) is 3.98. The number of aryl methyl sites for hydroxylation is 1. The number of carbonyl (C=O) groups excluding carboxylic acids is 2. The SMILES string of the molecule is Cc1cccc(NC(=O)CSCC(=O)N(C)Cc2cccc(Cl)c2)c1. The zero-order valence-electron chi connectivity index (χ0n) is 14.3. The summed E-state index contributed by atoms with van der Waals surface area (Å²) in [4.78, 5) is 25.7. The molecule has 0 spiro atoms. The van der Waals surface area contributed by atoms with E-state index in [1.54, 1.807) is 18.0 Å². The van der Waals surface area contributed by atoms with E-state index >= 15 is 0 Å². The van der Waals surface area contributed by atoms with Gasteiger partial charge in [0, 0.05) is 24.3 Å². The van der Waals surface area contributed by atoms with Crippen LogP contribution in [0.25, 0.3) is 0 Å². The Balaban J connectivity index is 1.73. The summed E-state index contributed by atoms with van der Waals surface area (Å²) < 4.78 is 0. The van der Waals surface area contributed by atoms with Crippen LogP contribution in [0.15, 0.2) is 48.5 Å². The van der Waals surface area contributed by atoms with E-state index in [1.807, 2.05) is 49.4 Å². The maximum absolute atomic E-state index is 12.2. The van der Waals surface area contributed by atoms with E-state index in [0.29, 0.717) is 11.6 Å². The first-order chi connectivity index (χ1) is 11.9. The van der Waals surface area contributed by atoms with Gasteiger partial charge in [0.2, 0.25) is 11.8 Å². The topological polar surface area (TPSA) is 49.4 Å². The van der Waals surface area contributed by atoms with E-state index in [4.69, 9.17) is 11.6 Å². The largest absolute Gasteiger partial charge is 0.341 e. The first-order valence-corrected chi connectivity index (χ1v) is 9.40. The van der Waals surface area contributed by atoms with Crippen LogP contribution in [-0.4, -0.2) is 35.3 Å². The molecule has 0 aliphatic heterocycles. The van der Waals surface area contributed by atoms with Crippen LogP contribution in [0.5, 0.6) is 0 Å². The maximum atomic E-state index is 12.2. The van der Waals surface area contributed by atoms with Gasteiger partial charge in [-0.1, -0.05) is 35.9 Å². The average Bonchev–Trinajstić information content (AvgIpc) is 2.54. The van der Waals surface area contributed by atoms with Crippen molar-refractivity contribution in [1.29, 1.82) is 0 Å². The Kier molecular flexibility index (Phi) is 7.34. The van der Waals surface area contributed by atoms with E-state index in [0.717, 1.165) is 16.8 Å². The van der Waals surface area contributed by atoms with Crippen LogP contribution in [0.4, 0.5) is 5.69 Å². The van der Waals surface area contributed by atoms with Gasteiger partial charge in [-0.05, 0) is 42.3 Å². The quantitative estimate of drug-likeness (QED) is 0.795. The Hall–Kier alpha value is -1.98. The fourth-order valence-corrected chi connectivity index (χ4v) is 3.23. The molecule has 0 radical (unpaired) electrons. The van der Waals surface area contributed by atoms with Crippen LogP contribution in [-0.2, 0) is 16.1 Å². The molecule has 0 saturated heterocycles. The Labute approximate surface area is 157 Å². The number of nitrogens with zero attached hydrogens (tertiary/aromatic N) is 1. The predicted molar refractivity (Wildman–Crippen MR) is 105 cm³/mol. The van der Waals surface area contributed by atoms with Crippen molar-refractivity contribution < 1.29 is 9.59 Å². The summed E-state index contributed by atoms with van der Waals surface area (Å²) in [5.41, 5.74) is 2.84. The first kappa shape index (κ1) is 19.3. The molecule has 0 saturated carbocycles. The fraction of sp³-hybridized carbons (Fsp3) is 0.263. The van der Waals surface area contributed by atoms with Crippen LogP contribution in [0.3, 0.4) is 0 Å². The second-order valence-corrected chi connectivity index (χ2v) is 7.21. The minimum atomic E-state index is -0.110. The molecule has 25 heavy (non-hydrogen) atoms. The summed E-state index contributed by atoms with van der Waals surface area (Å²) >= 11 is 7.26. The number of nitrogens with one attached hydrogen (secondary N) is 1. The molecule has 0 aliphatic carbocycles. The van der Waals surface area contributed by atoms with Crippen molar-refractivity contribution in [3.05, 3.63) is 64.7 Å². The number of hydrogen-bond acceptors (Lipinski definition) is 3. The molecule has 0 unspecified atom stereocenters. The van der Waals surface area contributed by atoms with Gasteiger partial charge in [-0.15, -0.1) is 11.8 Å². The number of anilines is 1. The van der Waals surface area contributed by atoms with Crippen LogP contribution in [0.1, 0.15) is 11.1 Å². The van der Waals surface area contributed by atoms with Crippen LogP contribution < -0.4 is 5.32 Å². The number of benzene rings is 2. The van der Waals surface area contributed by atoms with E-state index in [9.17, 15) is 9.59 Å². The highest BCUT2D eigenvalue weighted by atomic mass is 35.5. The lowest BCUT2D eigenvalue weighted by molar-refractivity contribution is -0.127. The molecular formula is C19H21ClN2O2S. The van der Waals surface area contributed by atoms with Gasteiger partial charge in [0.05, 0.1) is 11.5 Å². The standard InChI is InChI=1S/C19H21ClN2O2S/c1-14-5-3-8-17(9-14)21-18(23)12-25-13-19(24)22(2)11-15-6-4-7-16(20)10-15/h3-10H,11-13H2,1-2H3,(H,21,23). The van der Waals surface area contributed by atoms with Gasteiger partial charge >= 0.3 is 0 Å². The van der Waals surface area contributed by atoms with Crippen molar-refractivity contribution in [3.8, 4) is 0 Å². The number of halogens is 1. The monoisotopic (exact) mass is 376 g/mol. The molecule has 1 N–H and O–H groups in total. The molecule has 132 valence electrons. The summed E-state index contributed by atoms with van der Waals surface area (Å²) in [7, 11) is 1.75. The smallest absolute Gasteiger partial charge is 0.234 e. The van der Waals surface area contributed by atoms with Crippen molar-refractivity contribution in [2.24, 2.45) is 0 Å². The maximum Gasteiger partial charge on any atom is 0.234 e. The molecule has 2 amide bonds. The fourth-order valence-electron chi connectivity index (χ4n) is 2.26. The third-order valence-corrected chi connectivity index (χ3v) is 4.65. The Morgan fingerprint density at radius 3 is 2.60 bits per heavy atom. The molecule has 0 aliphatic rings. The number of hydrogen-bond donors (Lipinski definition) is 1. The summed E-state index contributed by atoms with van der Waals surface area (Å²) in [5.74, 6) is 0.373. The van der Waals surface area contributed by atoms with Crippen molar-refractivity contribution >= 4 is 40.9 Å². The lowest BCUT2D eigenvalue weighted by Crippen LogP contribution is -2.28. The van der Waals surface area contributed by atoms with Gasteiger partial charge in [-0.25, -0.2) is 0 Å². The van der Waals surface area contributed by atoms with E-state index < -0.39 is 0 Å². The highest BCUT2D eigenvalue weighted by Crippen LogP contribution is 2.13. The Morgan fingerprint density at radius 1 is 1.12 bits per heavy atom. The van der Waals surface area contributed by atoms with Crippen molar-refractivity contribution in [3.63, 3.8) is 0 Å². The van der Waals surface area contributed by atoms with Gasteiger partial charge in [0.15, 0.2) is 0 Å². The molecule has 2 rings (SSSR count). The molecule has 4 nitrogen and oxygen atoms in total. The first-order valence-electron chi connectivity index (χ1n) is 7.87. The molecule has 0 atom stereocenters. The van der Waals surface area contributed by atoms with Crippen LogP contribution in [0.2, 0.25) is 5.02 Å². The normalized spacial score (nSPS) is 10.4. The third kappa shape index (κ3) is 6.80.